The Morgan fingerprint density at radius 1 is 0.432 bits per heavy atom. The molecule has 0 aliphatic heterocycles. The fourth-order valence-electron chi connectivity index (χ4n) is 4.01. The molecule has 0 aromatic heterocycles. The van der Waals surface area contributed by atoms with Crippen LogP contribution in [0.4, 0.5) is 0 Å². The summed E-state index contributed by atoms with van der Waals surface area (Å²) in [6.45, 7) is 3.88. The first-order valence-electron chi connectivity index (χ1n) is 16.2. The van der Waals surface area contributed by atoms with Crippen LogP contribution in [0.3, 0.4) is 0 Å². The van der Waals surface area contributed by atoms with E-state index in [0.717, 1.165) is 25.7 Å². The van der Waals surface area contributed by atoms with Crippen LogP contribution < -0.4 is 10.6 Å². The summed E-state index contributed by atoms with van der Waals surface area (Å²) in [6.07, 6.45) is 10.5. The lowest BCUT2D eigenvalue weighted by molar-refractivity contribution is -0.146. The summed E-state index contributed by atoms with van der Waals surface area (Å²) >= 11 is 0. The highest BCUT2D eigenvalue weighted by atomic mass is 16.5. The van der Waals surface area contributed by atoms with Crippen molar-refractivity contribution in [1.82, 2.24) is 10.6 Å². The summed E-state index contributed by atoms with van der Waals surface area (Å²) in [5, 5.41) is 5.58. The molecule has 0 bridgehead atoms. The standard InChI is InChI=1S/C32H56N2O10/c1-27(35)15-7-8-18-30(38)43-25-13-14-26-44-32(40)20-10-9-19-31(39)42-24-12-4-6-17-29(37)34-22-21-33-28(36)16-5-3-11-23-41-2/h3-26H2,1-2H3,(H,33,36)(H,34,37). The molecule has 0 aliphatic rings. The number of hydrogen-bond acceptors (Lipinski definition) is 10. The van der Waals surface area contributed by atoms with Crippen LogP contribution in [-0.2, 0) is 47.7 Å². The molecule has 0 unspecified atom stereocenters. The number of nitrogens with one attached hydrogen (secondary N) is 2. The molecule has 0 saturated heterocycles. The third-order valence-electron chi connectivity index (χ3n) is 6.57. The lowest BCUT2D eigenvalue weighted by atomic mass is 10.1. The van der Waals surface area contributed by atoms with Crippen molar-refractivity contribution in [3.8, 4) is 0 Å². The molecule has 0 atom stereocenters. The van der Waals surface area contributed by atoms with Crippen molar-refractivity contribution in [3.05, 3.63) is 0 Å². The largest absolute Gasteiger partial charge is 0.466 e. The molecule has 0 aromatic carbocycles. The number of esters is 3. The first-order valence-corrected chi connectivity index (χ1v) is 16.2. The maximum atomic E-state index is 11.9. The number of unbranched alkanes of at least 4 members (excludes halogenated alkanes) is 7. The molecular weight excluding hydrogens is 572 g/mol. The van der Waals surface area contributed by atoms with Crippen LogP contribution in [0.1, 0.15) is 122 Å². The van der Waals surface area contributed by atoms with Crippen LogP contribution in [-0.4, -0.2) is 82.1 Å². The van der Waals surface area contributed by atoms with Gasteiger partial charge in [-0.2, -0.15) is 0 Å². The van der Waals surface area contributed by atoms with Gasteiger partial charge >= 0.3 is 17.9 Å². The van der Waals surface area contributed by atoms with Crippen LogP contribution in [0.2, 0.25) is 0 Å². The average molecular weight is 629 g/mol. The van der Waals surface area contributed by atoms with E-state index in [1.807, 2.05) is 0 Å². The quantitative estimate of drug-likeness (QED) is 0.0672. The maximum Gasteiger partial charge on any atom is 0.305 e. The van der Waals surface area contributed by atoms with Crippen LogP contribution in [0.5, 0.6) is 0 Å². The van der Waals surface area contributed by atoms with E-state index < -0.39 is 0 Å². The van der Waals surface area contributed by atoms with E-state index in [4.69, 9.17) is 18.9 Å². The Kier molecular flexibility index (Phi) is 28.0. The molecule has 0 rings (SSSR count). The van der Waals surface area contributed by atoms with Gasteiger partial charge in [-0.15, -0.1) is 0 Å². The van der Waals surface area contributed by atoms with E-state index in [1.165, 1.54) is 6.92 Å². The van der Waals surface area contributed by atoms with Gasteiger partial charge in [0.25, 0.3) is 0 Å². The van der Waals surface area contributed by atoms with Gasteiger partial charge in [-0.05, 0) is 77.6 Å². The van der Waals surface area contributed by atoms with Crippen molar-refractivity contribution >= 4 is 35.5 Å². The number of carbonyl (C=O) groups is 6. The summed E-state index contributed by atoms with van der Waals surface area (Å²) in [7, 11) is 1.66. The van der Waals surface area contributed by atoms with Crippen molar-refractivity contribution in [3.63, 3.8) is 0 Å². The Morgan fingerprint density at radius 3 is 1.16 bits per heavy atom. The van der Waals surface area contributed by atoms with Gasteiger partial charge in [0.1, 0.15) is 5.78 Å². The molecule has 0 heterocycles. The van der Waals surface area contributed by atoms with E-state index in [9.17, 15) is 28.8 Å². The summed E-state index contributed by atoms with van der Waals surface area (Å²) in [5.74, 6) is -0.859. The second kappa shape index (κ2) is 30.0. The Hall–Kier alpha value is -3.02. The Bertz CT molecular complexity index is 819. The maximum absolute atomic E-state index is 11.9. The predicted molar refractivity (Wildman–Crippen MR) is 165 cm³/mol. The normalized spacial score (nSPS) is 10.6. The number of ether oxygens (including phenoxy) is 4. The zero-order chi connectivity index (χ0) is 32.7. The molecule has 0 fully saturated rings. The first kappa shape index (κ1) is 41.0. The van der Waals surface area contributed by atoms with E-state index in [-0.39, 0.29) is 61.6 Å². The zero-order valence-corrected chi connectivity index (χ0v) is 27.1. The third-order valence-corrected chi connectivity index (χ3v) is 6.57. The summed E-state index contributed by atoms with van der Waals surface area (Å²) in [5.41, 5.74) is 0. The van der Waals surface area contributed by atoms with Crippen molar-refractivity contribution in [2.45, 2.75) is 122 Å². The minimum atomic E-state index is -0.320. The summed E-state index contributed by atoms with van der Waals surface area (Å²) in [6, 6.07) is 0. The van der Waals surface area contributed by atoms with Crippen LogP contribution in [0.25, 0.3) is 0 Å². The molecule has 2 N–H and O–H groups in total. The fourth-order valence-corrected chi connectivity index (χ4v) is 4.01. The highest BCUT2D eigenvalue weighted by Crippen LogP contribution is 2.06. The van der Waals surface area contributed by atoms with Gasteiger partial charge in [0.2, 0.25) is 11.8 Å². The number of amides is 2. The minimum Gasteiger partial charge on any atom is -0.466 e. The number of hydrogen-bond donors (Lipinski definition) is 2. The van der Waals surface area contributed by atoms with E-state index >= 15 is 0 Å². The SMILES string of the molecule is COCCCCCC(=O)NCCNC(=O)CCCCCOC(=O)CCCCC(=O)OCCCCOC(=O)CCCCC(C)=O. The number of rotatable bonds is 30. The van der Waals surface area contributed by atoms with Crippen molar-refractivity contribution in [1.29, 1.82) is 0 Å². The van der Waals surface area contributed by atoms with Crippen molar-refractivity contribution in [2.75, 3.05) is 46.6 Å². The minimum absolute atomic E-state index is 0.00946. The van der Waals surface area contributed by atoms with Gasteiger partial charge in [-0.1, -0.05) is 6.42 Å². The fraction of sp³-hybridized carbons (Fsp3) is 0.812. The van der Waals surface area contributed by atoms with E-state index in [1.54, 1.807) is 7.11 Å². The average Bonchev–Trinajstić information content (AvgIpc) is 2.99. The molecule has 0 radical (unpaired) electrons. The predicted octanol–water partition coefficient (Wildman–Crippen LogP) is 4.11. The Labute approximate surface area is 263 Å². The lowest BCUT2D eigenvalue weighted by Gasteiger charge is -2.08. The number of carbonyl (C=O) groups excluding carboxylic acids is 6. The van der Waals surface area contributed by atoms with Gasteiger partial charge in [-0.25, -0.2) is 0 Å². The molecular formula is C32H56N2O10. The van der Waals surface area contributed by atoms with E-state index in [0.29, 0.717) is 103 Å². The molecule has 44 heavy (non-hydrogen) atoms. The van der Waals surface area contributed by atoms with Gasteiger partial charge in [-0.3, -0.25) is 24.0 Å². The highest BCUT2D eigenvalue weighted by molar-refractivity contribution is 5.77. The Balaban J connectivity index is 3.50. The molecule has 2 amide bonds. The van der Waals surface area contributed by atoms with Gasteiger partial charge < -0.3 is 34.4 Å². The summed E-state index contributed by atoms with van der Waals surface area (Å²) < 4.78 is 20.5. The number of ketones is 1. The molecule has 0 spiro atoms. The second-order valence-electron chi connectivity index (χ2n) is 10.8. The number of Topliss-reactive ketones (excluding diaryl/α,β-unsaturated/α-hetero) is 1. The molecule has 12 heteroatoms. The van der Waals surface area contributed by atoms with E-state index in [2.05, 4.69) is 10.6 Å². The van der Waals surface area contributed by atoms with Gasteiger partial charge in [0.15, 0.2) is 0 Å². The molecule has 0 aromatic rings. The number of methoxy groups -OCH3 is 1. The van der Waals surface area contributed by atoms with Crippen molar-refractivity contribution < 1.29 is 47.7 Å². The molecule has 12 nitrogen and oxygen atoms in total. The highest BCUT2D eigenvalue weighted by Gasteiger charge is 2.08. The van der Waals surface area contributed by atoms with Crippen LogP contribution >= 0.6 is 0 Å². The lowest BCUT2D eigenvalue weighted by Crippen LogP contribution is -2.34. The topological polar surface area (TPSA) is 163 Å². The first-order chi connectivity index (χ1) is 21.2. The monoisotopic (exact) mass is 628 g/mol. The van der Waals surface area contributed by atoms with Crippen LogP contribution in [0.15, 0.2) is 0 Å². The molecule has 254 valence electrons. The summed E-state index contributed by atoms with van der Waals surface area (Å²) in [4.78, 5) is 69.7. The zero-order valence-electron chi connectivity index (χ0n) is 27.1. The van der Waals surface area contributed by atoms with Gasteiger partial charge in [0.05, 0.1) is 19.8 Å². The Morgan fingerprint density at radius 2 is 0.773 bits per heavy atom. The van der Waals surface area contributed by atoms with Crippen molar-refractivity contribution in [2.24, 2.45) is 0 Å². The molecule has 0 saturated carbocycles. The van der Waals surface area contributed by atoms with Crippen LogP contribution in [0, 0.1) is 0 Å². The third kappa shape index (κ3) is 30.4. The molecule has 0 aliphatic carbocycles. The second-order valence-corrected chi connectivity index (χ2v) is 10.8. The van der Waals surface area contributed by atoms with Gasteiger partial charge in [0, 0.05) is 65.3 Å². The smallest absolute Gasteiger partial charge is 0.305 e.